The molecule has 0 aliphatic carbocycles. The fourth-order valence-corrected chi connectivity index (χ4v) is 2.47. The van der Waals surface area contributed by atoms with E-state index in [-0.39, 0.29) is 24.2 Å². The van der Waals surface area contributed by atoms with Crippen molar-refractivity contribution in [1.29, 1.82) is 0 Å². The number of ether oxygens (including phenoxy) is 2. The Bertz CT molecular complexity index is 569. The molecule has 0 bridgehead atoms. The molecule has 1 aromatic rings. The van der Waals surface area contributed by atoms with Crippen LogP contribution in [0.3, 0.4) is 0 Å². The van der Waals surface area contributed by atoms with Gasteiger partial charge in [-0.3, -0.25) is 0 Å². The number of aromatic nitrogens is 1. The number of pyridine rings is 1. The molecule has 0 aliphatic rings. The molecule has 0 aromatic carbocycles. The van der Waals surface area contributed by atoms with Crippen molar-refractivity contribution >= 4 is 5.97 Å². The second kappa shape index (κ2) is 14.1. The molecule has 152 valence electrons. The summed E-state index contributed by atoms with van der Waals surface area (Å²) in [5, 5.41) is 0. The second-order valence-electron chi connectivity index (χ2n) is 6.64. The summed E-state index contributed by atoms with van der Waals surface area (Å²) in [7, 11) is 0. The quantitative estimate of drug-likeness (QED) is 0.279. The lowest BCUT2D eigenvalue weighted by molar-refractivity contribution is 0.0507. The fourth-order valence-electron chi connectivity index (χ4n) is 2.47. The average Bonchev–Trinajstić information content (AvgIpc) is 2.66. The van der Waals surface area contributed by atoms with E-state index in [1.54, 1.807) is 12.1 Å². The summed E-state index contributed by atoms with van der Waals surface area (Å²) in [4.78, 5) is 15.9. The largest absolute Gasteiger partial charge is 0.478 e. The molecule has 1 aromatic heterocycles. The first kappa shape index (κ1) is 23.1. The molecule has 0 N–H and O–H groups in total. The Morgan fingerprint density at radius 2 is 1.67 bits per heavy atom. The molecule has 0 saturated heterocycles. The second-order valence-corrected chi connectivity index (χ2v) is 6.64. The minimum Gasteiger partial charge on any atom is -0.478 e. The Morgan fingerprint density at radius 3 is 2.26 bits per heavy atom. The zero-order chi connectivity index (χ0) is 19.9. The van der Waals surface area contributed by atoms with Gasteiger partial charge in [0.05, 0.1) is 18.8 Å². The molecule has 4 nitrogen and oxygen atoms in total. The first-order chi connectivity index (χ1) is 13.0. The summed E-state index contributed by atoms with van der Waals surface area (Å²) in [6.07, 6.45) is 9.53. The van der Waals surface area contributed by atoms with Crippen LogP contribution in [-0.4, -0.2) is 24.2 Å². The molecule has 0 saturated carbocycles. The van der Waals surface area contributed by atoms with E-state index in [0.29, 0.717) is 12.5 Å². The Balaban J connectivity index is 2.18. The van der Waals surface area contributed by atoms with Gasteiger partial charge in [-0.15, -0.1) is 0 Å². The number of carbonyl (C=O) groups is 1. The third kappa shape index (κ3) is 10.7. The standard InChI is InChI=1S/C21H31F2NO3/c1-3-4-5-6-7-8-9-10-14-26-19-12-11-18(16-24-19)21(25)27-15-13-17(2)20(22)23/h11-12,16H,3-10,13-15H2,1-2H3. The van der Waals surface area contributed by atoms with Gasteiger partial charge in [-0.2, -0.15) is 8.78 Å². The molecular formula is C21H31F2NO3. The fraction of sp³-hybridized carbons (Fsp3) is 0.619. The summed E-state index contributed by atoms with van der Waals surface area (Å²) in [6.45, 7) is 4.05. The Morgan fingerprint density at radius 1 is 1.00 bits per heavy atom. The van der Waals surface area contributed by atoms with Crippen LogP contribution < -0.4 is 4.74 Å². The summed E-state index contributed by atoms with van der Waals surface area (Å²) in [5.74, 6) is -0.114. The molecule has 0 fully saturated rings. The normalized spacial score (nSPS) is 10.5. The van der Waals surface area contributed by atoms with Crippen molar-refractivity contribution < 1.29 is 23.0 Å². The SMILES string of the molecule is CCCCCCCCCCOc1ccc(C(=O)OCCC(C)=C(F)F)cn1. The maximum Gasteiger partial charge on any atom is 0.339 e. The molecule has 27 heavy (non-hydrogen) atoms. The number of nitrogens with zero attached hydrogens (tertiary/aromatic N) is 1. The van der Waals surface area contributed by atoms with Crippen molar-refractivity contribution in [2.24, 2.45) is 0 Å². The van der Waals surface area contributed by atoms with Gasteiger partial charge in [0.1, 0.15) is 0 Å². The highest BCUT2D eigenvalue weighted by molar-refractivity contribution is 5.89. The first-order valence-corrected chi connectivity index (χ1v) is 9.81. The summed E-state index contributed by atoms with van der Waals surface area (Å²) in [6, 6.07) is 3.19. The third-order valence-electron chi connectivity index (χ3n) is 4.25. The van der Waals surface area contributed by atoms with Gasteiger partial charge in [-0.05, 0) is 25.0 Å². The topological polar surface area (TPSA) is 48.4 Å². The molecule has 1 rings (SSSR count). The first-order valence-electron chi connectivity index (χ1n) is 9.81. The zero-order valence-electron chi connectivity index (χ0n) is 16.4. The lowest BCUT2D eigenvalue weighted by atomic mass is 10.1. The molecule has 6 heteroatoms. The minimum absolute atomic E-state index is 0.0152. The van der Waals surface area contributed by atoms with Crippen molar-refractivity contribution in [1.82, 2.24) is 4.98 Å². The molecule has 1 heterocycles. The van der Waals surface area contributed by atoms with Crippen LogP contribution in [0.2, 0.25) is 0 Å². The van der Waals surface area contributed by atoms with Gasteiger partial charge in [-0.25, -0.2) is 9.78 Å². The number of hydrogen-bond donors (Lipinski definition) is 0. The number of carbonyl (C=O) groups excluding carboxylic acids is 1. The van der Waals surface area contributed by atoms with Crippen LogP contribution in [0.25, 0.3) is 0 Å². The lowest BCUT2D eigenvalue weighted by Crippen LogP contribution is -2.08. The average molecular weight is 383 g/mol. The Hall–Kier alpha value is -1.98. The smallest absolute Gasteiger partial charge is 0.339 e. The van der Waals surface area contributed by atoms with E-state index in [1.165, 1.54) is 51.6 Å². The molecule has 0 radical (unpaired) electrons. The monoisotopic (exact) mass is 383 g/mol. The maximum atomic E-state index is 12.3. The number of esters is 1. The van der Waals surface area contributed by atoms with Crippen LogP contribution in [0.4, 0.5) is 8.78 Å². The van der Waals surface area contributed by atoms with E-state index in [9.17, 15) is 13.6 Å². The van der Waals surface area contributed by atoms with Gasteiger partial charge < -0.3 is 9.47 Å². The van der Waals surface area contributed by atoms with Gasteiger partial charge in [-0.1, -0.05) is 51.9 Å². The van der Waals surface area contributed by atoms with Gasteiger partial charge in [0.25, 0.3) is 6.08 Å². The summed E-state index contributed by atoms with van der Waals surface area (Å²) >= 11 is 0. The Labute approximate surface area is 161 Å². The number of rotatable bonds is 14. The number of hydrogen-bond acceptors (Lipinski definition) is 4. The van der Waals surface area contributed by atoms with Crippen LogP contribution in [0.1, 0.15) is 82.0 Å². The van der Waals surface area contributed by atoms with E-state index in [0.717, 1.165) is 12.8 Å². The lowest BCUT2D eigenvalue weighted by Gasteiger charge is -2.07. The maximum absolute atomic E-state index is 12.3. The van der Waals surface area contributed by atoms with E-state index in [2.05, 4.69) is 11.9 Å². The molecule has 0 unspecified atom stereocenters. The molecule has 0 amide bonds. The minimum atomic E-state index is -1.73. The van der Waals surface area contributed by atoms with E-state index in [1.807, 2.05) is 0 Å². The number of unbranched alkanes of at least 4 members (excludes halogenated alkanes) is 7. The summed E-state index contributed by atoms with van der Waals surface area (Å²) < 4.78 is 35.1. The predicted molar refractivity (Wildman–Crippen MR) is 102 cm³/mol. The van der Waals surface area contributed by atoms with Gasteiger partial charge in [0, 0.05) is 18.7 Å². The van der Waals surface area contributed by atoms with Gasteiger partial charge in [0.15, 0.2) is 0 Å². The Kier molecular flexibility index (Phi) is 12.1. The van der Waals surface area contributed by atoms with E-state index < -0.39 is 12.0 Å². The van der Waals surface area contributed by atoms with Crippen LogP contribution in [-0.2, 0) is 4.74 Å². The highest BCUT2D eigenvalue weighted by atomic mass is 19.3. The highest BCUT2D eigenvalue weighted by Crippen LogP contribution is 2.13. The molecule has 0 atom stereocenters. The third-order valence-corrected chi connectivity index (χ3v) is 4.25. The van der Waals surface area contributed by atoms with Crippen molar-refractivity contribution in [3.8, 4) is 5.88 Å². The number of halogens is 2. The van der Waals surface area contributed by atoms with E-state index >= 15 is 0 Å². The highest BCUT2D eigenvalue weighted by Gasteiger charge is 2.09. The van der Waals surface area contributed by atoms with Crippen molar-refractivity contribution in [3.63, 3.8) is 0 Å². The zero-order valence-corrected chi connectivity index (χ0v) is 16.4. The van der Waals surface area contributed by atoms with Crippen LogP contribution in [0.5, 0.6) is 5.88 Å². The van der Waals surface area contributed by atoms with E-state index in [4.69, 9.17) is 9.47 Å². The van der Waals surface area contributed by atoms with Crippen LogP contribution in [0, 0.1) is 0 Å². The van der Waals surface area contributed by atoms with Crippen molar-refractivity contribution in [3.05, 3.63) is 35.5 Å². The predicted octanol–water partition coefficient (Wildman–Crippen LogP) is 6.32. The molecular weight excluding hydrogens is 352 g/mol. The molecule has 0 spiro atoms. The van der Waals surface area contributed by atoms with Crippen LogP contribution >= 0.6 is 0 Å². The summed E-state index contributed by atoms with van der Waals surface area (Å²) in [5.41, 5.74) is 0.197. The van der Waals surface area contributed by atoms with Crippen LogP contribution in [0.15, 0.2) is 30.0 Å². The van der Waals surface area contributed by atoms with Gasteiger partial charge >= 0.3 is 5.97 Å². The van der Waals surface area contributed by atoms with Crippen molar-refractivity contribution in [2.45, 2.75) is 71.6 Å². The molecule has 0 aliphatic heterocycles. The van der Waals surface area contributed by atoms with Gasteiger partial charge in [0.2, 0.25) is 5.88 Å². The van der Waals surface area contributed by atoms with Crippen molar-refractivity contribution in [2.75, 3.05) is 13.2 Å².